The second kappa shape index (κ2) is 17.9. The average molecular weight is 940 g/mol. The number of hydrogen-bond acceptors (Lipinski definition) is 1. The zero-order valence-corrected chi connectivity index (χ0v) is 40.7. The summed E-state index contributed by atoms with van der Waals surface area (Å²) in [5.74, 6) is 0. The van der Waals surface area contributed by atoms with E-state index < -0.39 is 5.41 Å². The van der Waals surface area contributed by atoms with E-state index in [4.69, 9.17) is 0 Å². The number of nitrogens with zero attached hydrogens (tertiary/aromatic N) is 1. The topological polar surface area (TPSA) is 3.24 Å². The molecule has 14 rings (SSSR count). The van der Waals surface area contributed by atoms with Crippen LogP contribution in [0, 0.1) is 0 Å². The molecule has 0 heterocycles. The highest BCUT2D eigenvalue weighted by molar-refractivity contribution is 6.13. The third-order valence-corrected chi connectivity index (χ3v) is 15.5. The van der Waals surface area contributed by atoms with E-state index in [0.717, 1.165) is 39.3 Å². The van der Waals surface area contributed by atoms with E-state index in [1.807, 2.05) is 0 Å². The van der Waals surface area contributed by atoms with Crippen molar-refractivity contribution in [3.63, 3.8) is 0 Å². The summed E-state index contributed by atoms with van der Waals surface area (Å²) in [6.07, 6.45) is 0. The van der Waals surface area contributed by atoms with Gasteiger partial charge < -0.3 is 4.90 Å². The van der Waals surface area contributed by atoms with E-state index in [1.165, 1.54) is 88.0 Å². The summed E-state index contributed by atoms with van der Waals surface area (Å²) in [5.41, 5.74) is 19.7. The SMILES string of the molecule is c1ccc(-c2cccc3cccc(-c4ccccc4N(c4cccc(-c5cccc6c5ccc5ccccc56)c4)c4ccccc4-c4ccc5c(c4)C(c4ccccc4)(c4ccccc4)c4ccccc4-5)c23)cc1. The van der Waals surface area contributed by atoms with E-state index in [9.17, 15) is 0 Å². The van der Waals surface area contributed by atoms with Crippen LogP contribution in [0.5, 0.6) is 0 Å². The molecule has 0 unspecified atom stereocenters. The molecular formula is C73H49N. The molecule has 1 aliphatic rings. The van der Waals surface area contributed by atoms with Gasteiger partial charge in [-0.1, -0.05) is 267 Å². The van der Waals surface area contributed by atoms with Gasteiger partial charge in [0, 0.05) is 16.8 Å². The van der Waals surface area contributed by atoms with Crippen LogP contribution in [0.4, 0.5) is 17.1 Å². The first-order valence-corrected chi connectivity index (χ1v) is 25.7. The second-order valence-electron chi connectivity index (χ2n) is 19.5. The van der Waals surface area contributed by atoms with Crippen molar-refractivity contribution in [3.8, 4) is 55.6 Å². The summed E-state index contributed by atoms with van der Waals surface area (Å²) in [5, 5.41) is 7.43. The van der Waals surface area contributed by atoms with Crippen LogP contribution < -0.4 is 4.90 Å². The summed E-state index contributed by atoms with van der Waals surface area (Å²) in [6.45, 7) is 0. The Labute approximate surface area is 432 Å². The number of benzene rings is 13. The lowest BCUT2D eigenvalue weighted by Gasteiger charge is -2.34. The first-order valence-electron chi connectivity index (χ1n) is 25.7. The zero-order valence-electron chi connectivity index (χ0n) is 40.7. The predicted molar refractivity (Wildman–Crippen MR) is 313 cm³/mol. The van der Waals surface area contributed by atoms with Crippen molar-refractivity contribution in [1.29, 1.82) is 0 Å². The molecule has 0 saturated heterocycles. The normalized spacial score (nSPS) is 12.4. The Morgan fingerprint density at radius 1 is 0.243 bits per heavy atom. The number of fused-ring (bicyclic) bond motifs is 7. The fourth-order valence-electron chi connectivity index (χ4n) is 12.4. The minimum atomic E-state index is -0.533. The van der Waals surface area contributed by atoms with Gasteiger partial charge >= 0.3 is 0 Å². The summed E-state index contributed by atoms with van der Waals surface area (Å²) >= 11 is 0. The fourth-order valence-corrected chi connectivity index (χ4v) is 12.4. The van der Waals surface area contributed by atoms with Crippen LogP contribution in [-0.4, -0.2) is 0 Å². The molecule has 0 N–H and O–H groups in total. The highest BCUT2D eigenvalue weighted by Gasteiger charge is 2.46. The molecule has 74 heavy (non-hydrogen) atoms. The summed E-state index contributed by atoms with van der Waals surface area (Å²) in [7, 11) is 0. The molecule has 1 heteroatoms. The quantitative estimate of drug-likeness (QED) is 0.130. The van der Waals surface area contributed by atoms with Gasteiger partial charge in [-0.05, 0) is 129 Å². The van der Waals surface area contributed by atoms with Gasteiger partial charge in [-0.25, -0.2) is 0 Å². The molecule has 346 valence electrons. The third kappa shape index (κ3) is 6.93. The molecule has 0 aliphatic heterocycles. The summed E-state index contributed by atoms with van der Waals surface area (Å²) in [4.78, 5) is 2.52. The van der Waals surface area contributed by atoms with Gasteiger partial charge in [-0.3, -0.25) is 0 Å². The molecule has 13 aromatic rings. The number of para-hydroxylation sites is 2. The molecule has 1 nitrogen and oxygen atoms in total. The molecule has 1 aliphatic carbocycles. The predicted octanol–water partition coefficient (Wildman–Crippen LogP) is 19.6. The largest absolute Gasteiger partial charge is 0.309 e. The molecule has 13 aromatic carbocycles. The maximum absolute atomic E-state index is 2.52. The smallest absolute Gasteiger partial charge is 0.0713 e. The lowest BCUT2D eigenvalue weighted by atomic mass is 9.67. The molecule has 0 saturated carbocycles. The van der Waals surface area contributed by atoms with E-state index in [0.29, 0.717) is 0 Å². The zero-order chi connectivity index (χ0) is 49.0. The third-order valence-electron chi connectivity index (χ3n) is 15.5. The minimum Gasteiger partial charge on any atom is -0.309 e. The van der Waals surface area contributed by atoms with Crippen molar-refractivity contribution in [2.24, 2.45) is 0 Å². The molecule has 0 atom stereocenters. The van der Waals surface area contributed by atoms with Crippen LogP contribution >= 0.6 is 0 Å². The molecule has 0 spiro atoms. The number of rotatable bonds is 9. The monoisotopic (exact) mass is 939 g/mol. The Kier molecular flexibility index (Phi) is 10.5. The molecule has 0 fully saturated rings. The molecule has 0 amide bonds. The lowest BCUT2D eigenvalue weighted by molar-refractivity contribution is 0.769. The van der Waals surface area contributed by atoms with Gasteiger partial charge in [-0.15, -0.1) is 0 Å². The maximum Gasteiger partial charge on any atom is 0.0713 e. The summed E-state index contributed by atoms with van der Waals surface area (Å²) < 4.78 is 0. The Hall–Kier alpha value is -9.56. The minimum absolute atomic E-state index is 0.533. The van der Waals surface area contributed by atoms with Crippen LogP contribution in [0.2, 0.25) is 0 Å². The standard InChI is InChI=1S/C73H49N/c1-4-22-50(23-5-1)61-38-19-25-52-26-20-40-67(72(52)61)66-36-14-17-43-71(66)74(57-32-18-27-53(48-57)59-37-21-39-62-58-33-11-10-24-51(58)44-46-63(59)62)70-42-16-13-34-60(70)54-45-47-65-64-35-12-15-41-68(64)73(69(65)49-54,55-28-6-2-7-29-55)56-30-8-3-9-31-56/h1-49H. The Morgan fingerprint density at radius 3 is 1.53 bits per heavy atom. The van der Waals surface area contributed by atoms with Crippen LogP contribution in [0.25, 0.3) is 88.0 Å². The van der Waals surface area contributed by atoms with Crippen LogP contribution in [0.15, 0.2) is 297 Å². The van der Waals surface area contributed by atoms with Gasteiger partial charge in [0.25, 0.3) is 0 Å². The summed E-state index contributed by atoms with van der Waals surface area (Å²) in [6, 6.07) is 110. The van der Waals surface area contributed by atoms with Crippen molar-refractivity contribution >= 4 is 49.4 Å². The van der Waals surface area contributed by atoms with Crippen LogP contribution in [0.1, 0.15) is 22.3 Å². The maximum atomic E-state index is 2.52. The fraction of sp³-hybridized carbons (Fsp3) is 0.0137. The van der Waals surface area contributed by atoms with Crippen molar-refractivity contribution in [2.45, 2.75) is 5.41 Å². The number of hydrogen-bond donors (Lipinski definition) is 0. The molecule has 0 radical (unpaired) electrons. The van der Waals surface area contributed by atoms with Gasteiger partial charge in [0.15, 0.2) is 0 Å². The number of anilines is 3. The van der Waals surface area contributed by atoms with E-state index in [2.05, 4.69) is 302 Å². The van der Waals surface area contributed by atoms with E-state index in [1.54, 1.807) is 0 Å². The molecular weight excluding hydrogens is 891 g/mol. The van der Waals surface area contributed by atoms with Gasteiger partial charge in [0.05, 0.1) is 16.8 Å². The van der Waals surface area contributed by atoms with Crippen molar-refractivity contribution in [1.82, 2.24) is 0 Å². The highest BCUT2D eigenvalue weighted by atomic mass is 15.1. The first-order chi connectivity index (χ1) is 36.7. The van der Waals surface area contributed by atoms with E-state index >= 15 is 0 Å². The van der Waals surface area contributed by atoms with Gasteiger partial charge in [-0.2, -0.15) is 0 Å². The first kappa shape index (κ1) is 43.2. The Balaban J connectivity index is 1.02. The van der Waals surface area contributed by atoms with Crippen molar-refractivity contribution < 1.29 is 0 Å². The molecule has 0 aromatic heterocycles. The van der Waals surface area contributed by atoms with Gasteiger partial charge in [0.1, 0.15) is 0 Å². The van der Waals surface area contributed by atoms with Crippen LogP contribution in [-0.2, 0) is 5.41 Å². The second-order valence-corrected chi connectivity index (χ2v) is 19.5. The van der Waals surface area contributed by atoms with Gasteiger partial charge in [0.2, 0.25) is 0 Å². The Bertz CT molecular complexity index is 4200. The highest BCUT2D eigenvalue weighted by Crippen LogP contribution is 2.57. The molecule has 0 bridgehead atoms. The van der Waals surface area contributed by atoms with Crippen molar-refractivity contribution in [3.05, 3.63) is 320 Å². The average Bonchev–Trinajstić information content (AvgIpc) is 3.78. The van der Waals surface area contributed by atoms with Crippen molar-refractivity contribution in [2.75, 3.05) is 4.90 Å². The van der Waals surface area contributed by atoms with Crippen LogP contribution in [0.3, 0.4) is 0 Å². The Morgan fingerprint density at radius 2 is 0.757 bits per heavy atom. The van der Waals surface area contributed by atoms with E-state index in [-0.39, 0.29) is 0 Å². The lowest BCUT2D eigenvalue weighted by Crippen LogP contribution is -2.28.